The normalized spacial score (nSPS) is 11.3. The number of fused-ring (bicyclic) bond motifs is 3. The average Bonchev–Trinajstić information content (AvgIpc) is 3.72. The quantitative estimate of drug-likeness (QED) is 0.144. The van der Waals surface area contributed by atoms with E-state index < -0.39 is 0 Å². The number of imidazole rings is 1. The molecular weight excluding hydrogens is 727 g/mol. The fourth-order valence-corrected chi connectivity index (χ4v) is 8.83. The molecule has 0 aliphatic rings. The molecule has 0 fully saturated rings. The summed E-state index contributed by atoms with van der Waals surface area (Å²) in [7, 11) is 0. The summed E-state index contributed by atoms with van der Waals surface area (Å²) in [6.07, 6.45) is 0. The Hall–Kier alpha value is -8.01. The molecule has 0 aliphatic carbocycles. The Labute approximate surface area is 349 Å². The molecule has 1 aromatic heterocycles. The van der Waals surface area contributed by atoms with Crippen molar-refractivity contribution in [2.45, 2.75) is 0 Å². The van der Waals surface area contributed by atoms with Gasteiger partial charge in [0, 0.05) is 28.3 Å². The molecule has 0 saturated carbocycles. The van der Waals surface area contributed by atoms with E-state index in [0.717, 1.165) is 45.2 Å². The van der Waals surface area contributed by atoms with Gasteiger partial charge < -0.3 is 4.90 Å². The van der Waals surface area contributed by atoms with Gasteiger partial charge in [-0.2, -0.15) is 0 Å². The molecular formula is C57H39N3. The maximum Gasteiger partial charge on any atom is 0.145 e. The van der Waals surface area contributed by atoms with E-state index in [0.29, 0.717) is 0 Å². The van der Waals surface area contributed by atoms with Gasteiger partial charge in [0.2, 0.25) is 0 Å². The molecule has 0 unspecified atom stereocenters. The highest BCUT2D eigenvalue weighted by Crippen LogP contribution is 2.44. The molecule has 3 heteroatoms. The second-order valence-corrected chi connectivity index (χ2v) is 15.1. The molecule has 0 N–H and O–H groups in total. The van der Waals surface area contributed by atoms with Crippen molar-refractivity contribution in [3.63, 3.8) is 0 Å². The Morgan fingerprint density at radius 1 is 0.300 bits per heavy atom. The Morgan fingerprint density at radius 3 is 1.17 bits per heavy atom. The zero-order chi connectivity index (χ0) is 39.8. The summed E-state index contributed by atoms with van der Waals surface area (Å²) in [5, 5.41) is 4.94. The van der Waals surface area contributed by atoms with Crippen molar-refractivity contribution in [1.29, 1.82) is 0 Å². The van der Waals surface area contributed by atoms with Gasteiger partial charge in [0.15, 0.2) is 0 Å². The molecule has 60 heavy (non-hydrogen) atoms. The van der Waals surface area contributed by atoms with Gasteiger partial charge in [-0.1, -0.05) is 176 Å². The molecule has 282 valence electrons. The van der Waals surface area contributed by atoms with Crippen molar-refractivity contribution in [3.8, 4) is 50.5 Å². The van der Waals surface area contributed by atoms with Crippen LogP contribution in [0.15, 0.2) is 237 Å². The van der Waals surface area contributed by atoms with Crippen molar-refractivity contribution in [2.24, 2.45) is 0 Å². The molecule has 0 atom stereocenters. The van der Waals surface area contributed by atoms with Crippen LogP contribution in [0.2, 0.25) is 0 Å². The van der Waals surface area contributed by atoms with E-state index in [2.05, 4.69) is 246 Å². The van der Waals surface area contributed by atoms with E-state index in [-0.39, 0.29) is 0 Å². The Balaban J connectivity index is 0.962. The Kier molecular flexibility index (Phi) is 8.83. The minimum absolute atomic E-state index is 0.930. The molecule has 0 amide bonds. The molecule has 0 spiro atoms. The first-order valence-electron chi connectivity index (χ1n) is 20.5. The standard InChI is InChI=1S/C57H39N3/c1-4-16-45(17-5-1)59(46-18-6-2-7-19-46)48-38-36-41(37-39-48)40-28-30-42(31-29-40)55-49-22-10-12-24-51(49)56(52-25-13-11-23-50(52)55)43-32-34-44(35-33-43)57-58-53-26-14-15-27-54(53)60(57)47-20-8-3-9-21-47/h1-39H. The molecule has 10 aromatic carbocycles. The maximum absolute atomic E-state index is 5.13. The number of anilines is 3. The minimum atomic E-state index is 0.930. The van der Waals surface area contributed by atoms with Crippen molar-refractivity contribution in [3.05, 3.63) is 237 Å². The molecule has 3 nitrogen and oxygen atoms in total. The molecule has 0 saturated heterocycles. The largest absolute Gasteiger partial charge is 0.311 e. The average molecular weight is 766 g/mol. The second-order valence-electron chi connectivity index (χ2n) is 15.1. The Bertz CT molecular complexity index is 3170. The summed E-state index contributed by atoms with van der Waals surface area (Å²) in [5.74, 6) is 0.930. The summed E-state index contributed by atoms with van der Waals surface area (Å²) < 4.78 is 2.26. The van der Waals surface area contributed by atoms with E-state index in [1.54, 1.807) is 0 Å². The van der Waals surface area contributed by atoms with Crippen LogP contribution < -0.4 is 4.90 Å². The zero-order valence-electron chi connectivity index (χ0n) is 32.9. The molecule has 0 aliphatic heterocycles. The van der Waals surface area contributed by atoms with Gasteiger partial charge in [-0.05, 0) is 116 Å². The van der Waals surface area contributed by atoms with Crippen LogP contribution in [-0.2, 0) is 0 Å². The van der Waals surface area contributed by atoms with Gasteiger partial charge in [-0.3, -0.25) is 4.57 Å². The minimum Gasteiger partial charge on any atom is -0.311 e. The lowest BCUT2D eigenvalue weighted by molar-refractivity contribution is 1.10. The number of benzene rings is 10. The third-order valence-electron chi connectivity index (χ3n) is 11.6. The lowest BCUT2D eigenvalue weighted by atomic mass is 9.85. The van der Waals surface area contributed by atoms with Gasteiger partial charge >= 0.3 is 0 Å². The summed E-state index contributed by atoms with van der Waals surface area (Å²) in [4.78, 5) is 7.42. The van der Waals surface area contributed by atoms with Crippen molar-refractivity contribution in [2.75, 3.05) is 4.90 Å². The van der Waals surface area contributed by atoms with Crippen LogP contribution in [0.3, 0.4) is 0 Å². The summed E-state index contributed by atoms with van der Waals surface area (Å²) in [5.41, 5.74) is 14.8. The number of para-hydroxylation sites is 5. The lowest BCUT2D eigenvalue weighted by Crippen LogP contribution is -2.09. The van der Waals surface area contributed by atoms with Crippen LogP contribution >= 0.6 is 0 Å². The topological polar surface area (TPSA) is 21.1 Å². The van der Waals surface area contributed by atoms with E-state index in [1.807, 2.05) is 0 Å². The van der Waals surface area contributed by atoms with Crippen LogP contribution in [0, 0.1) is 0 Å². The number of aromatic nitrogens is 2. The van der Waals surface area contributed by atoms with Crippen molar-refractivity contribution in [1.82, 2.24) is 9.55 Å². The molecule has 11 aromatic rings. The van der Waals surface area contributed by atoms with Crippen LogP contribution in [-0.4, -0.2) is 9.55 Å². The van der Waals surface area contributed by atoms with Gasteiger partial charge in [-0.25, -0.2) is 4.98 Å². The van der Waals surface area contributed by atoms with E-state index in [9.17, 15) is 0 Å². The third kappa shape index (κ3) is 6.21. The summed E-state index contributed by atoms with van der Waals surface area (Å²) in [6, 6.07) is 84.6. The highest BCUT2D eigenvalue weighted by Gasteiger charge is 2.19. The molecule has 11 rings (SSSR count). The predicted octanol–water partition coefficient (Wildman–Crippen LogP) is 15.5. The number of hydrogen-bond donors (Lipinski definition) is 0. The van der Waals surface area contributed by atoms with Gasteiger partial charge in [0.1, 0.15) is 5.82 Å². The van der Waals surface area contributed by atoms with Crippen LogP contribution in [0.1, 0.15) is 0 Å². The fourth-order valence-electron chi connectivity index (χ4n) is 8.83. The van der Waals surface area contributed by atoms with Crippen molar-refractivity contribution >= 4 is 49.6 Å². The second kappa shape index (κ2) is 15.1. The van der Waals surface area contributed by atoms with Crippen LogP contribution in [0.4, 0.5) is 17.1 Å². The van der Waals surface area contributed by atoms with E-state index in [1.165, 1.54) is 54.9 Å². The molecule has 1 heterocycles. The first-order valence-corrected chi connectivity index (χ1v) is 20.5. The SMILES string of the molecule is c1ccc(N(c2ccccc2)c2ccc(-c3ccc(-c4c5ccccc5c(-c5ccc(-c6nc7ccccc7n6-c6ccccc6)cc5)c5ccccc45)cc3)cc2)cc1. The monoisotopic (exact) mass is 765 g/mol. The smallest absolute Gasteiger partial charge is 0.145 e. The zero-order valence-corrected chi connectivity index (χ0v) is 32.9. The first kappa shape index (κ1) is 35.2. The van der Waals surface area contributed by atoms with E-state index in [4.69, 9.17) is 4.98 Å². The highest BCUT2D eigenvalue weighted by molar-refractivity contribution is 6.21. The van der Waals surface area contributed by atoms with Crippen LogP contribution in [0.5, 0.6) is 0 Å². The van der Waals surface area contributed by atoms with Crippen molar-refractivity contribution < 1.29 is 0 Å². The number of nitrogens with zero attached hydrogens (tertiary/aromatic N) is 3. The summed E-state index contributed by atoms with van der Waals surface area (Å²) >= 11 is 0. The highest BCUT2D eigenvalue weighted by atomic mass is 15.1. The third-order valence-corrected chi connectivity index (χ3v) is 11.6. The van der Waals surface area contributed by atoms with Gasteiger partial charge in [-0.15, -0.1) is 0 Å². The number of hydrogen-bond acceptors (Lipinski definition) is 2. The first-order chi connectivity index (χ1) is 29.8. The fraction of sp³-hybridized carbons (Fsp3) is 0. The predicted molar refractivity (Wildman–Crippen MR) is 253 cm³/mol. The van der Waals surface area contributed by atoms with Gasteiger partial charge in [0.25, 0.3) is 0 Å². The number of rotatable bonds is 8. The lowest BCUT2D eigenvalue weighted by Gasteiger charge is -2.25. The summed E-state index contributed by atoms with van der Waals surface area (Å²) in [6.45, 7) is 0. The Morgan fingerprint density at radius 2 is 0.667 bits per heavy atom. The van der Waals surface area contributed by atoms with Gasteiger partial charge in [0.05, 0.1) is 11.0 Å². The maximum atomic E-state index is 5.13. The molecule has 0 radical (unpaired) electrons. The molecule has 0 bridgehead atoms. The van der Waals surface area contributed by atoms with Crippen LogP contribution in [0.25, 0.3) is 83.0 Å². The van der Waals surface area contributed by atoms with E-state index >= 15 is 0 Å².